The lowest BCUT2D eigenvalue weighted by atomic mass is 9.93. The molecule has 2 aromatic carbocycles. The van der Waals surface area contributed by atoms with Crippen LogP contribution in [0.3, 0.4) is 0 Å². The Morgan fingerprint density at radius 2 is 1.94 bits per heavy atom. The Bertz CT molecular complexity index is 1180. The highest BCUT2D eigenvalue weighted by molar-refractivity contribution is 6.05. The summed E-state index contributed by atoms with van der Waals surface area (Å²) in [7, 11) is 0. The number of nitrogens with one attached hydrogen (secondary N) is 1. The van der Waals surface area contributed by atoms with Crippen LogP contribution in [0.15, 0.2) is 34.8 Å². The van der Waals surface area contributed by atoms with Crippen molar-refractivity contribution in [3.8, 4) is 5.75 Å². The van der Waals surface area contributed by atoms with Crippen LogP contribution in [0.25, 0.3) is 16.5 Å². The van der Waals surface area contributed by atoms with E-state index in [9.17, 15) is 4.79 Å². The molecule has 1 amide bonds. The van der Waals surface area contributed by atoms with Gasteiger partial charge in [-0.05, 0) is 82.7 Å². The summed E-state index contributed by atoms with van der Waals surface area (Å²) >= 11 is 0. The first-order valence-corrected chi connectivity index (χ1v) is 11.2. The molecule has 0 saturated carbocycles. The van der Waals surface area contributed by atoms with Crippen LogP contribution in [0.2, 0.25) is 0 Å². The lowest BCUT2D eigenvalue weighted by Crippen LogP contribution is -2.10. The third kappa shape index (κ3) is 3.99. The minimum absolute atomic E-state index is 0.138. The summed E-state index contributed by atoms with van der Waals surface area (Å²) in [6.07, 6.45) is 6.07. The van der Waals surface area contributed by atoms with Crippen molar-refractivity contribution in [2.75, 3.05) is 11.9 Å². The topological polar surface area (TPSA) is 51.5 Å². The average Bonchev–Trinajstić information content (AvgIpc) is 3.12. The van der Waals surface area contributed by atoms with Crippen molar-refractivity contribution in [1.82, 2.24) is 0 Å². The highest BCUT2D eigenvalue weighted by Gasteiger charge is 2.23. The highest BCUT2D eigenvalue weighted by atomic mass is 16.5. The van der Waals surface area contributed by atoms with Gasteiger partial charge in [-0.2, -0.15) is 0 Å². The fourth-order valence-corrected chi connectivity index (χ4v) is 4.49. The van der Waals surface area contributed by atoms with Gasteiger partial charge in [0, 0.05) is 40.3 Å². The van der Waals surface area contributed by atoms with Gasteiger partial charge in [0.05, 0.1) is 6.61 Å². The van der Waals surface area contributed by atoms with Crippen LogP contribution in [0.1, 0.15) is 60.3 Å². The summed E-state index contributed by atoms with van der Waals surface area (Å²) in [6.45, 7) is 10.6. The van der Waals surface area contributed by atoms with E-state index in [-0.39, 0.29) is 5.91 Å². The molecule has 31 heavy (non-hydrogen) atoms. The van der Waals surface area contributed by atoms with Crippen molar-refractivity contribution in [3.63, 3.8) is 0 Å². The number of anilines is 1. The standard InChI is InChI=1S/C27H31NO3/c1-6-30-26-19(5)27-22(20-11-7-8-13-24(20)31-27)15-21(26)17(3)14-25(29)28-23-12-9-10-16(2)18(23)4/h9-10,12,14-15H,6-8,11,13H2,1-5H3,(H,28,29)/b17-14+. The second-order valence-corrected chi connectivity index (χ2v) is 8.46. The van der Waals surface area contributed by atoms with E-state index in [2.05, 4.69) is 18.3 Å². The number of hydrogen-bond acceptors (Lipinski definition) is 3. The maximum atomic E-state index is 12.8. The van der Waals surface area contributed by atoms with Crippen molar-refractivity contribution in [1.29, 1.82) is 0 Å². The van der Waals surface area contributed by atoms with Gasteiger partial charge in [-0.1, -0.05) is 12.1 Å². The zero-order valence-electron chi connectivity index (χ0n) is 19.1. The number of furan rings is 1. The highest BCUT2D eigenvalue weighted by Crippen LogP contribution is 2.41. The Hall–Kier alpha value is -3.01. The molecule has 4 heteroatoms. The van der Waals surface area contributed by atoms with Crippen LogP contribution in [0.4, 0.5) is 5.69 Å². The zero-order chi connectivity index (χ0) is 22.1. The zero-order valence-corrected chi connectivity index (χ0v) is 19.1. The van der Waals surface area contributed by atoms with Crippen molar-refractivity contribution in [2.24, 2.45) is 0 Å². The summed E-state index contributed by atoms with van der Waals surface area (Å²) in [4.78, 5) is 12.8. The van der Waals surface area contributed by atoms with Gasteiger partial charge in [-0.25, -0.2) is 0 Å². The van der Waals surface area contributed by atoms with Gasteiger partial charge in [0.1, 0.15) is 17.1 Å². The number of hydrogen-bond donors (Lipinski definition) is 1. The number of benzene rings is 2. The molecule has 162 valence electrons. The monoisotopic (exact) mass is 417 g/mol. The summed E-state index contributed by atoms with van der Waals surface area (Å²) in [5, 5.41) is 4.19. The van der Waals surface area contributed by atoms with Crippen LogP contribution in [0, 0.1) is 20.8 Å². The fraction of sp³-hybridized carbons (Fsp3) is 0.370. The summed E-state index contributed by atoms with van der Waals surface area (Å²) in [6, 6.07) is 8.09. The number of aryl methyl sites for hydroxylation is 4. The molecule has 0 spiro atoms. The summed E-state index contributed by atoms with van der Waals surface area (Å²) < 4.78 is 12.3. The van der Waals surface area contributed by atoms with Crippen LogP contribution in [-0.4, -0.2) is 12.5 Å². The van der Waals surface area contributed by atoms with E-state index in [0.717, 1.165) is 68.8 Å². The van der Waals surface area contributed by atoms with Crippen LogP contribution in [0.5, 0.6) is 5.75 Å². The minimum Gasteiger partial charge on any atom is -0.493 e. The number of rotatable bonds is 5. The predicted octanol–water partition coefficient (Wildman–Crippen LogP) is 6.68. The van der Waals surface area contributed by atoms with E-state index >= 15 is 0 Å². The molecule has 0 fully saturated rings. The van der Waals surface area contributed by atoms with Crippen molar-refractivity contribution < 1.29 is 13.9 Å². The molecule has 0 atom stereocenters. The molecule has 0 bridgehead atoms. The predicted molar refractivity (Wildman–Crippen MR) is 127 cm³/mol. The lowest BCUT2D eigenvalue weighted by molar-refractivity contribution is -0.111. The molecule has 0 radical (unpaired) electrons. The lowest BCUT2D eigenvalue weighted by Gasteiger charge is -2.15. The van der Waals surface area contributed by atoms with Gasteiger partial charge in [0.2, 0.25) is 5.91 Å². The average molecular weight is 418 g/mol. The fourth-order valence-electron chi connectivity index (χ4n) is 4.49. The smallest absolute Gasteiger partial charge is 0.248 e. The molecule has 3 aromatic rings. The second-order valence-electron chi connectivity index (χ2n) is 8.46. The van der Waals surface area contributed by atoms with Crippen LogP contribution < -0.4 is 10.1 Å². The third-order valence-corrected chi connectivity index (χ3v) is 6.35. The normalized spacial score (nSPS) is 13.9. The SMILES string of the molecule is CCOc1c(/C(C)=C/C(=O)Nc2cccc(C)c2C)cc2c3c(oc2c1C)CCCC3. The Kier molecular flexibility index (Phi) is 5.90. The number of amides is 1. The Labute approximate surface area is 184 Å². The van der Waals surface area contributed by atoms with E-state index in [0.29, 0.717) is 6.61 Å². The van der Waals surface area contributed by atoms with Crippen LogP contribution >= 0.6 is 0 Å². The minimum atomic E-state index is -0.138. The molecular formula is C27H31NO3. The van der Waals surface area contributed by atoms with Gasteiger partial charge in [-0.3, -0.25) is 4.79 Å². The van der Waals surface area contributed by atoms with Gasteiger partial charge in [0.25, 0.3) is 0 Å². The quantitative estimate of drug-likeness (QED) is 0.471. The molecule has 1 N–H and O–H groups in total. The Morgan fingerprint density at radius 3 is 2.71 bits per heavy atom. The molecule has 0 aliphatic heterocycles. The molecule has 1 aliphatic carbocycles. The molecule has 4 nitrogen and oxygen atoms in total. The van der Waals surface area contributed by atoms with Crippen molar-refractivity contribution in [2.45, 2.75) is 60.3 Å². The first-order valence-electron chi connectivity index (χ1n) is 11.2. The van der Waals surface area contributed by atoms with Crippen molar-refractivity contribution >= 4 is 28.1 Å². The molecular weight excluding hydrogens is 386 g/mol. The van der Waals surface area contributed by atoms with E-state index in [4.69, 9.17) is 9.15 Å². The Balaban J connectivity index is 1.75. The van der Waals surface area contributed by atoms with E-state index < -0.39 is 0 Å². The first kappa shape index (κ1) is 21.2. The van der Waals surface area contributed by atoms with Crippen LogP contribution in [-0.2, 0) is 17.6 Å². The number of ether oxygens (including phenoxy) is 1. The second kappa shape index (κ2) is 8.62. The van der Waals surface area contributed by atoms with Gasteiger partial charge >= 0.3 is 0 Å². The largest absolute Gasteiger partial charge is 0.493 e. The molecule has 0 saturated heterocycles. The summed E-state index contributed by atoms with van der Waals surface area (Å²) in [5.41, 5.74) is 8.16. The van der Waals surface area contributed by atoms with Crippen molar-refractivity contribution in [3.05, 3.63) is 63.9 Å². The maximum Gasteiger partial charge on any atom is 0.248 e. The van der Waals surface area contributed by atoms with E-state index in [1.165, 1.54) is 18.4 Å². The molecule has 1 heterocycles. The van der Waals surface area contributed by atoms with E-state index in [1.54, 1.807) is 6.08 Å². The van der Waals surface area contributed by atoms with Gasteiger partial charge in [0.15, 0.2) is 0 Å². The molecule has 1 aromatic heterocycles. The molecule has 0 unspecified atom stereocenters. The number of carbonyl (C=O) groups excluding carboxylic acids is 1. The van der Waals surface area contributed by atoms with Gasteiger partial charge < -0.3 is 14.5 Å². The van der Waals surface area contributed by atoms with E-state index in [1.807, 2.05) is 45.9 Å². The third-order valence-electron chi connectivity index (χ3n) is 6.35. The maximum absolute atomic E-state index is 12.8. The number of fused-ring (bicyclic) bond motifs is 3. The first-order chi connectivity index (χ1) is 14.9. The summed E-state index contributed by atoms with van der Waals surface area (Å²) in [5.74, 6) is 1.77. The molecule has 4 rings (SSSR count). The number of carbonyl (C=O) groups is 1. The Morgan fingerprint density at radius 1 is 1.16 bits per heavy atom. The van der Waals surface area contributed by atoms with Gasteiger partial charge in [-0.15, -0.1) is 0 Å². The molecule has 1 aliphatic rings. The number of allylic oxidation sites excluding steroid dienone is 1.